The Balaban J connectivity index is 1.32. The van der Waals surface area contributed by atoms with Gasteiger partial charge >= 0.3 is 0 Å². The Labute approximate surface area is 135 Å². The van der Waals surface area contributed by atoms with Crippen LogP contribution in [-0.4, -0.2) is 57.0 Å². The van der Waals surface area contributed by atoms with Crippen molar-refractivity contribution in [2.75, 3.05) is 31.6 Å². The summed E-state index contributed by atoms with van der Waals surface area (Å²) in [5.41, 5.74) is 1.26. The Hall–Kier alpha value is -1.99. The number of fused-ring (bicyclic) bond motifs is 1. The second-order valence-corrected chi connectivity index (χ2v) is 6.47. The van der Waals surface area contributed by atoms with E-state index in [0.29, 0.717) is 23.9 Å². The van der Waals surface area contributed by atoms with Gasteiger partial charge in [-0.15, -0.1) is 0 Å². The molecule has 2 fully saturated rings. The summed E-state index contributed by atoms with van der Waals surface area (Å²) in [4.78, 5) is 10.9. The van der Waals surface area contributed by atoms with Gasteiger partial charge in [0.25, 0.3) is 0 Å². The number of nitrogens with zero attached hydrogens (tertiary/aromatic N) is 5. The lowest BCUT2D eigenvalue weighted by Crippen LogP contribution is -2.27. The monoisotopic (exact) mass is 314 g/mol. The fourth-order valence-corrected chi connectivity index (χ4v) is 3.64. The maximum atomic E-state index is 6.01. The molecule has 2 aliphatic heterocycles. The Morgan fingerprint density at radius 1 is 1.30 bits per heavy atom. The fourth-order valence-electron chi connectivity index (χ4n) is 3.64. The summed E-state index contributed by atoms with van der Waals surface area (Å²) < 4.78 is 7.86. The van der Waals surface area contributed by atoms with Crippen LogP contribution in [0.4, 0.5) is 5.95 Å². The molecule has 2 saturated heterocycles. The van der Waals surface area contributed by atoms with Gasteiger partial charge in [-0.25, -0.2) is 9.97 Å². The van der Waals surface area contributed by atoms with Crippen molar-refractivity contribution in [3.63, 3.8) is 0 Å². The van der Waals surface area contributed by atoms with Gasteiger partial charge in [-0.1, -0.05) is 0 Å². The predicted molar refractivity (Wildman–Crippen MR) is 85.7 cm³/mol. The molecule has 4 rings (SSSR count). The van der Waals surface area contributed by atoms with Crippen molar-refractivity contribution in [3.05, 3.63) is 36.4 Å². The molecule has 2 aromatic rings. The van der Waals surface area contributed by atoms with Gasteiger partial charge in [0.2, 0.25) is 5.95 Å². The van der Waals surface area contributed by atoms with Crippen molar-refractivity contribution >= 4 is 5.95 Å². The van der Waals surface area contributed by atoms with Crippen LogP contribution in [0, 0.1) is 11.8 Å². The average Bonchev–Trinajstić information content (AvgIpc) is 3.23. The maximum absolute atomic E-state index is 6.01. The Morgan fingerprint density at radius 2 is 2.17 bits per heavy atom. The average molecular weight is 314 g/mol. The van der Waals surface area contributed by atoms with Gasteiger partial charge in [0, 0.05) is 69.2 Å². The molecule has 7 nitrogen and oxygen atoms in total. The van der Waals surface area contributed by atoms with E-state index < -0.39 is 0 Å². The number of hydrogen-bond acceptors (Lipinski definition) is 6. The smallest absolute Gasteiger partial charge is 0.222 e. The largest absolute Gasteiger partial charge is 0.376 e. The van der Waals surface area contributed by atoms with E-state index in [2.05, 4.69) is 31.5 Å². The first kappa shape index (κ1) is 14.6. The number of likely N-dealkylation sites (tertiary alicyclic amines) is 1. The zero-order chi connectivity index (χ0) is 15.6. The van der Waals surface area contributed by atoms with Crippen LogP contribution in [0.25, 0.3) is 0 Å². The number of anilines is 1. The molecule has 0 aliphatic carbocycles. The summed E-state index contributed by atoms with van der Waals surface area (Å²) in [6.45, 7) is 4.74. The highest BCUT2D eigenvalue weighted by Crippen LogP contribution is 2.34. The summed E-state index contributed by atoms with van der Waals surface area (Å²) >= 11 is 0. The van der Waals surface area contributed by atoms with Crippen LogP contribution in [0.15, 0.2) is 30.9 Å². The van der Waals surface area contributed by atoms with Crippen molar-refractivity contribution in [2.45, 2.75) is 12.6 Å². The van der Waals surface area contributed by atoms with Crippen LogP contribution in [0.1, 0.15) is 5.56 Å². The fraction of sp³-hybridized carbons (Fsp3) is 0.562. The summed E-state index contributed by atoms with van der Waals surface area (Å²) in [5.74, 6) is 1.80. The second-order valence-electron chi connectivity index (χ2n) is 6.47. The molecule has 7 heteroatoms. The van der Waals surface area contributed by atoms with Crippen LogP contribution in [0.2, 0.25) is 0 Å². The summed E-state index contributed by atoms with van der Waals surface area (Å²) in [6.07, 6.45) is 7.90. The molecule has 0 radical (unpaired) electrons. The van der Waals surface area contributed by atoms with Crippen LogP contribution in [0.5, 0.6) is 0 Å². The van der Waals surface area contributed by atoms with E-state index in [0.717, 1.165) is 32.8 Å². The van der Waals surface area contributed by atoms with Gasteiger partial charge in [-0.3, -0.25) is 9.58 Å². The first-order chi connectivity index (χ1) is 11.3. The van der Waals surface area contributed by atoms with E-state index >= 15 is 0 Å². The highest BCUT2D eigenvalue weighted by atomic mass is 16.5. The molecule has 2 aromatic heterocycles. The molecule has 0 spiro atoms. The van der Waals surface area contributed by atoms with Gasteiger partial charge in [0.1, 0.15) is 0 Å². The van der Waals surface area contributed by atoms with E-state index in [-0.39, 0.29) is 0 Å². The summed E-state index contributed by atoms with van der Waals surface area (Å²) in [6, 6.07) is 1.83. The number of nitrogens with one attached hydrogen (secondary N) is 1. The molecule has 4 heterocycles. The van der Waals surface area contributed by atoms with E-state index in [1.165, 1.54) is 5.56 Å². The van der Waals surface area contributed by atoms with E-state index in [1.807, 2.05) is 24.0 Å². The molecule has 0 unspecified atom stereocenters. The van der Waals surface area contributed by atoms with E-state index in [4.69, 9.17) is 4.74 Å². The van der Waals surface area contributed by atoms with Crippen LogP contribution < -0.4 is 5.32 Å². The maximum Gasteiger partial charge on any atom is 0.222 e. The number of hydrogen-bond donors (Lipinski definition) is 1. The first-order valence-corrected chi connectivity index (χ1v) is 8.10. The van der Waals surface area contributed by atoms with E-state index in [9.17, 15) is 0 Å². The molecule has 2 aliphatic rings. The Bertz CT molecular complexity index is 645. The zero-order valence-corrected chi connectivity index (χ0v) is 13.3. The van der Waals surface area contributed by atoms with Crippen molar-refractivity contribution in [2.24, 2.45) is 18.9 Å². The molecule has 0 saturated carbocycles. The van der Waals surface area contributed by atoms with Gasteiger partial charge in [-0.2, -0.15) is 5.10 Å². The second kappa shape index (κ2) is 6.25. The lowest BCUT2D eigenvalue weighted by molar-refractivity contribution is 0.0946. The van der Waals surface area contributed by atoms with Crippen molar-refractivity contribution in [3.8, 4) is 0 Å². The number of rotatable bonds is 5. The minimum Gasteiger partial charge on any atom is -0.376 e. The topological polar surface area (TPSA) is 68.1 Å². The highest BCUT2D eigenvalue weighted by Gasteiger charge is 2.43. The Morgan fingerprint density at radius 3 is 2.96 bits per heavy atom. The summed E-state index contributed by atoms with van der Waals surface area (Å²) in [5, 5.41) is 7.58. The lowest BCUT2D eigenvalue weighted by Gasteiger charge is -2.19. The van der Waals surface area contributed by atoms with E-state index in [1.54, 1.807) is 12.4 Å². The number of ether oxygens (including phenoxy) is 1. The summed E-state index contributed by atoms with van der Waals surface area (Å²) in [7, 11) is 1.96. The van der Waals surface area contributed by atoms with Crippen LogP contribution in [0.3, 0.4) is 0 Å². The van der Waals surface area contributed by atoms with Crippen molar-refractivity contribution in [1.29, 1.82) is 0 Å². The standard InChI is InChI=1S/C16H22N6O/c1-21-7-12(5-20-21)8-22-9-14-13(11-23-15(14)10-22)6-19-16-17-3-2-4-18-16/h2-5,7,13-15H,6,8-11H2,1H3,(H,17,18,19)/t13-,14+,15+/m0/s1. The van der Waals surface area contributed by atoms with Gasteiger partial charge < -0.3 is 10.1 Å². The minimum absolute atomic E-state index is 0.357. The third-order valence-electron chi connectivity index (χ3n) is 4.77. The third kappa shape index (κ3) is 3.20. The number of aryl methyl sites for hydroxylation is 1. The normalized spacial score (nSPS) is 27.3. The van der Waals surface area contributed by atoms with Gasteiger partial charge in [-0.05, 0) is 6.07 Å². The van der Waals surface area contributed by atoms with Crippen molar-refractivity contribution in [1.82, 2.24) is 24.6 Å². The molecule has 0 bridgehead atoms. The van der Waals surface area contributed by atoms with Gasteiger partial charge in [0.15, 0.2) is 0 Å². The molecular weight excluding hydrogens is 292 g/mol. The van der Waals surface area contributed by atoms with Crippen LogP contribution in [-0.2, 0) is 18.3 Å². The predicted octanol–water partition coefficient (Wildman–Crippen LogP) is 0.769. The zero-order valence-electron chi connectivity index (χ0n) is 13.3. The lowest BCUT2D eigenvalue weighted by atomic mass is 9.93. The third-order valence-corrected chi connectivity index (χ3v) is 4.77. The molecule has 0 amide bonds. The number of aromatic nitrogens is 4. The minimum atomic E-state index is 0.357. The molecule has 1 N–H and O–H groups in total. The molecular formula is C16H22N6O. The highest BCUT2D eigenvalue weighted by molar-refractivity contribution is 5.22. The molecule has 23 heavy (non-hydrogen) atoms. The van der Waals surface area contributed by atoms with Gasteiger partial charge in [0.05, 0.1) is 18.9 Å². The quantitative estimate of drug-likeness (QED) is 0.879. The Kier molecular flexibility index (Phi) is 3.97. The first-order valence-electron chi connectivity index (χ1n) is 8.10. The van der Waals surface area contributed by atoms with Crippen LogP contribution >= 0.6 is 0 Å². The molecule has 122 valence electrons. The van der Waals surface area contributed by atoms with Crippen molar-refractivity contribution < 1.29 is 4.74 Å². The molecule has 0 aromatic carbocycles. The SMILES string of the molecule is Cn1cc(CN2C[C@@H]3[C@@H](CNc4ncccn4)CO[C@@H]3C2)cn1. The molecule has 3 atom stereocenters.